The summed E-state index contributed by atoms with van der Waals surface area (Å²) in [5.74, 6) is -0.623. The van der Waals surface area contributed by atoms with Crippen LogP contribution in [0, 0.1) is 6.92 Å². The molecule has 2 heterocycles. The van der Waals surface area contributed by atoms with Gasteiger partial charge in [-0.15, -0.1) is 10.2 Å². The number of aromatic nitrogens is 3. The Balaban J connectivity index is 1.80. The Bertz CT molecular complexity index is 876. The van der Waals surface area contributed by atoms with Gasteiger partial charge in [-0.2, -0.15) is 0 Å². The minimum absolute atomic E-state index is 0.144. The van der Waals surface area contributed by atoms with Gasteiger partial charge < -0.3 is 13.6 Å². The number of hydrogen-bond donors (Lipinski definition) is 0. The number of aryl methyl sites for hydroxylation is 1. The second-order valence-electron chi connectivity index (χ2n) is 4.70. The second kappa shape index (κ2) is 5.47. The molecule has 2 aromatic heterocycles. The number of fused-ring (bicyclic) bond motifs is 1. The first-order valence-corrected chi connectivity index (χ1v) is 6.62. The number of ether oxygens (including phenoxy) is 1. The molecule has 8 nitrogen and oxygen atoms in total. The number of para-hydroxylation sites is 2. The molecule has 0 aliphatic carbocycles. The predicted molar refractivity (Wildman–Crippen MR) is 74.0 cm³/mol. The van der Waals surface area contributed by atoms with Gasteiger partial charge in [0, 0.05) is 6.92 Å². The number of esters is 1. The quantitative estimate of drug-likeness (QED) is 0.674. The second-order valence-corrected chi connectivity index (χ2v) is 4.70. The summed E-state index contributed by atoms with van der Waals surface area (Å²) in [6, 6.07) is 6.03. The van der Waals surface area contributed by atoms with Crippen molar-refractivity contribution in [3.63, 3.8) is 0 Å². The molecular formula is C14H13N3O5. The Hall–Kier alpha value is -2.90. The Morgan fingerprint density at radius 3 is 2.82 bits per heavy atom. The lowest BCUT2D eigenvalue weighted by Gasteiger charge is -2.11. The lowest BCUT2D eigenvalue weighted by Crippen LogP contribution is -2.26. The van der Waals surface area contributed by atoms with Gasteiger partial charge in [0.2, 0.25) is 5.89 Å². The summed E-state index contributed by atoms with van der Waals surface area (Å²) in [5, 5.41) is 7.36. The highest BCUT2D eigenvalue weighted by Gasteiger charge is 2.23. The smallest absolute Gasteiger partial charge is 0.420 e. The summed E-state index contributed by atoms with van der Waals surface area (Å²) in [6.45, 7) is 3.05. The van der Waals surface area contributed by atoms with Gasteiger partial charge in [-0.3, -0.25) is 4.57 Å². The number of carbonyl (C=O) groups is 1. The van der Waals surface area contributed by atoms with E-state index in [0.29, 0.717) is 17.0 Å². The molecule has 0 aliphatic rings. The van der Waals surface area contributed by atoms with Crippen molar-refractivity contribution >= 4 is 17.1 Å². The molecule has 0 amide bonds. The van der Waals surface area contributed by atoms with Crippen LogP contribution in [-0.4, -0.2) is 20.7 Å². The fourth-order valence-electron chi connectivity index (χ4n) is 2.11. The maximum absolute atomic E-state index is 12.1. The van der Waals surface area contributed by atoms with Crippen LogP contribution in [0.2, 0.25) is 0 Å². The van der Waals surface area contributed by atoms with E-state index in [2.05, 4.69) is 10.2 Å². The zero-order valence-electron chi connectivity index (χ0n) is 12.0. The number of benzene rings is 1. The Labute approximate surface area is 124 Å². The van der Waals surface area contributed by atoms with Gasteiger partial charge in [-0.05, 0) is 19.1 Å². The third-order valence-corrected chi connectivity index (χ3v) is 3.15. The third-order valence-electron chi connectivity index (χ3n) is 3.15. The minimum atomic E-state index is -0.833. The first-order valence-electron chi connectivity index (χ1n) is 6.62. The number of rotatable bonds is 4. The van der Waals surface area contributed by atoms with Gasteiger partial charge in [0.25, 0.3) is 5.89 Å². The van der Waals surface area contributed by atoms with E-state index in [9.17, 15) is 9.59 Å². The van der Waals surface area contributed by atoms with E-state index in [1.165, 1.54) is 4.57 Å². The monoisotopic (exact) mass is 303 g/mol. The highest BCUT2D eigenvalue weighted by Crippen LogP contribution is 2.17. The van der Waals surface area contributed by atoms with E-state index < -0.39 is 17.8 Å². The Kier molecular flexibility index (Phi) is 3.50. The molecule has 0 spiro atoms. The van der Waals surface area contributed by atoms with Crippen molar-refractivity contribution in [2.75, 3.05) is 0 Å². The molecule has 0 saturated carbocycles. The van der Waals surface area contributed by atoms with E-state index in [1.54, 1.807) is 38.1 Å². The van der Waals surface area contributed by atoms with Crippen molar-refractivity contribution in [2.45, 2.75) is 26.5 Å². The normalized spacial score (nSPS) is 12.5. The van der Waals surface area contributed by atoms with Crippen molar-refractivity contribution in [1.82, 2.24) is 14.8 Å². The molecule has 1 aromatic carbocycles. The standard InChI is InChI=1S/C14H13N3O5/c1-8(13(18)20-7-12-16-15-9(2)21-12)17-10-5-3-4-6-11(10)22-14(17)19/h3-6,8H,7H2,1-2H3. The maximum atomic E-state index is 12.1. The zero-order valence-corrected chi connectivity index (χ0v) is 12.0. The summed E-state index contributed by atoms with van der Waals surface area (Å²) >= 11 is 0. The van der Waals surface area contributed by atoms with Crippen LogP contribution in [0.15, 0.2) is 37.9 Å². The highest BCUT2D eigenvalue weighted by atomic mass is 16.5. The zero-order chi connectivity index (χ0) is 15.7. The van der Waals surface area contributed by atoms with Crippen molar-refractivity contribution in [3.8, 4) is 0 Å². The van der Waals surface area contributed by atoms with Crippen LogP contribution in [0.1, 0.15) is 24.7 Å². The summed E-state index contributed by atoms with van der Waals surface area (Å²) in [6.07, 6.45) is 0. The van der Waals surface area contributed by atoms with Gasteiger partial charge in [0.1, 0.15) is 6.04 Å². The number of oxazole rings is 1. The average Bonchev–Trinajstić information content (AvgIpc) is 3.06. The summed E-state index contributed by atoms with van der Waals surface area (Å²) in [7, 11) is 0. The highest BCUT2D eigenvalue weighted by molar-refractivity contribution is 5.79. The third kappa shape index (κ3) is 2.50. The summed E-state index contributed by atoms with van der Waals surface area (Å²) in [5.41, 5.74) is 0.949. The fourth-order valence-corrected chi connectivity index (χ4v) is 2.11. The van der Waals surface area contributed by atoms with Gasteiger partial charge >= 0.3 is 11.7 Å². The van der Waals surface area contributed by atoms with E-state index in [1.807, 2.05) is 0 Å². The summed E-state index contributed by atoms with van der Waals surface area (Å²) < 4.78 is 16.5. The van der Waals surface area contributed by atoms with E-state index >= 15 is 0 Å². The maximum Gasteiger partial charge on any atom is 0.420 e. The number of carbonyl (C=O) groups excluding carboxylic acids is 1. The van der Waals surface area contributed by atoms with Gasteiger partial charge in [0.15, 0.2) is 12.2 Å². The van der Waals surface area contributed by atoms with Crippen molar-refractivity contribution < 1.29 is 18.4 Å². The van der Waals surface area contributed by atoms with E-state index in [4.69, 9.17) is 13.6 Å². The van der Waals surface area contributed by atoms with Crippen molar-refractivity contribution in [3.05, 3.63) is 46.6 Å². The largest absolute Gasteiger partial charge is 0.454 e. The van der Waals surface area contributed by atoms with Crippen LogP contribution in [0.5, 0.6) is 0 Å². The molecule has 0 saturated heterocycles. The fraction of sp³-hybridized carbons (Fsp3) is 0.286. The predicted octanol–water partition coefficient (Wildman–Crippen LogP) is 1.59. The van der Waals surface area contributed by atoms with Crippen molar-refractivity contribution in [1.29, 1.82) is 0 Å². The van der Waals surface area contributed by atoms with Crippen LogP contribution >= 0.6 is 0 Å². The Morgan fingerprint density at radius 1 is 1.32 bits per heavy atom. The first kappa shape index (κ1) is 14.1. The van der Waals surface area contributed by atoms with Crippen LogP contribution in [-0.2, 0) is 16.1 Å². The van der Waals surface area contributed by atoms with Gasteiger partial charge in [-0.25, -0.2) is 9.59 Å². The molecule has 0 bridgehead atoms. The molecule has 3 aromatic rings. The molecule has 22 heavy (non-hydrogen) atoms. The topological polar surface area (TPSA) is 100 Å². The molecule has 1 atom stereocenters. The SMILES string of the molecule is Cc1nnc(COC(=O)C(C)n2c(=O)oc3ccccc32)o1. The minimum Gasteiger partial charge on any atom is -0.454 e. The van der Waals surface area contributed by atoms with Crippen LogP contribution in [0.25, 0.3) is 11.1 Å². The molecule has 0 aliphatic heterocycles. The molecule has 0 fully saturated rings. The van der Waals surface area contributed by atoms with E-state index in [0.717, 1.165) is 0 Å². The van der Waals surface area contributed by atoms with Gasteiger partial charge in [0.05, 0.1) is 5.52 Å². The molecule has 1 unspecified atom stereocenters. The molecule has 114 valence electrons. The van der Waals surface area contributed by atoms with Crippen LogP contribution in [0.4, 0.5) is 0 Å². The molecule has 0 radical (unpaired) electrons. The molecule has 0 N–H and O–H groups in total. The molecule has 8 heteroatoms. The molecular weight excluding hydrogens is 290 g/mol. The van der Waals surface area contributed by atoms with E-state index in [-0.39, 0.29) is 12.5 Å². The number of hydrogen-bond acceptors (Lipinski definition) is 7. The lowest BCUT2D eigenvalue weighted by molar-refractivity contribution is -0.149. The number of nitrogens with zero attached hydrogens (tertiary/aromatic N) is 3. The molecule has 3 rings (SSSR count). The summed E-state index contributed by atoms with van der Waals surface area (Å²) in [4.78, 5) is 24.0. The average molecular weight is 303 g/mol. The first-order chi connectivity index (χ1) is 10.6. The van der Waals surface area contributed by atoms with Crippen molar-refractivity contribution in [2.24, 2.45) is 0 Å². The van der Waals surface area contributed by atoms with Crippen LogP contribution < -0.4 is 5.76 Å². The lowest BCUT2D eigenvalue weighted by atomic mass is 10.3. The van der Waals surface area contributed by atoms with Crippen LogP contribution in [0.3, 0.4) is 0 Å². The van der Waals surface area contributed by atoms with Gasteiger partial charge in [-0.1, -0.05) is 12.1 Å². The Morgan fingerprint density at radius 2 is 2.09 bits per heavy atom.